The van der Waals surface area contributed by atoms with E-state index in [2.05, 4.69) is 160 Å². The summed E-state index contributed by atoms with van der Waals surface area (Å²) in [6, 6.07) is -1.05. The first-order valence-electron chi connectivity index (χ1n) is 36.1. The van der Waals surface area contributed by atoms with Crippen molar-refractivity contribution in [1.82, 2.24) is 5.32 Å². The molecule has 1 fully saturated rings. The summed E-state index contributed by atoms with van der Waals surface area (Å²) in [5, 5.41) is 57.3. The van der Waals surface area contributed by atoms with E-state index in [0.717, 1.165) is 161 Å². The van der Waals surface area contributed by atoms with E-state index in [1.165, 1.54) is 70.6 Å². The number of nitrogens with one attached hydrogen (secondary N) is 1. The lowest BCUT2D eigenvalue weighted by molar-refractivity contribution is -0.305. The van der Waals surface area contributed by atoms with Crippen molar-refractivity contribution >= 4 is 11.9 Å². The van der Waals surface area contributed by atoms with Gasteiger partial charge in [-0.3, -0.25) is 9.59 Å². The number of esters is 1. The molecule has 8 atom stereocenters. The highest BCUT2D eigenvalue weighted by Gasteiger charge is 2.47. The molecule has 0 saturated carbocycles. The van der Waals surface area contributed by atoms with Gasteiger partial charge in [0.05, 0.1) is 25.4 Å². The van der Waals surface area contributed by atoms with Crippen LogP contribution < -0.4 is 5.32 Å². The van der Waals surface area contributed by atoms with Crippen LogP contribution in [0.5, 0.6) is 0 Å². The highest BCUT2D eigenvalue weighted by atomic mass is 16.7. The molecule has 90 heavy (non-hydrogen) atoms. The Labute approximate surface area is 549 Å². The Bertz CT molecular complexity index is 2030. The Morgan fingerprint density at radius 2 is 0.800 bits per heavy atom. The maximum Gasteiger partial charge on any atom is 0.306 e. The van der Waals surface area contributed by atoms with Gasteiger partial charge in [0.1, 0.15) is 24.4 Å². The molecule has 0 spiro atoms. The van der Waals surface area contributed by atoms with E-state index in [1.54, 1.807) is 6.08 Å². The van der Waals surface area contributed by atoms with Gasteiger partial charge in [-0.1, -0.05) is 295 Å². The minimum atomic E-state index is -1.63. The fourth-order valence-corrected chi connectivity index (χ4v) is 10.4. The summed E-state index contributed by atoms with van der Waals surface area (Å²) in [7, 11) is 0. The molecule has 1 amide bonds. The van der Waals surface area contributed by atoms with Crippen LogP contribution in [0.15, 0.2) is 146 Å². The molecular formula is C79H131NO10. The zero-order valence-corrected chi connectivity index (χ0v) is 57.0. The third-order valence-corrected chi connectivity index (χ3v) is 16.0. The van der Waals surface area contributed by atoms with Gasteiger partial charge in [0.2, 0.25) is 5.91 Å². The molecule has 1 heterocycles. The van der Waals surface area contributed by atoms with E-state index >= 15 is 0 Å². The molecule has 11 nitrogen and oxygen atoms in total. The summed E-state index contributed by atoms with van der Waals surface area (Å²) in [4.78, 5) is 26.7. The van der Waals surface area contributed by atoms with Crippen molar-refractivity contribution < 1.29 is 49.3 Å². The highest BCUT2D eigenvalue weighted by molar-refractivity contribution is 5.80. The van der Waals surface area contributed by atoms with Crippen molar-refractivity contribution in [1.29, 1.82) is 0 Å². The highest BCUT2D eigenvalue weighted by Crippen LogP contribution is 2.26. The maximum atomic E-state index is 13.5. The van der Waals surface area contributed by atoms with Crippen molar-refractivity contribution in [2.24, 2.45) is 0 Å². The van der Waals surface area contributed by atoms with Gasteiger partial charge in [0.25, 0.3) is 0 Å². The normalized spacial score (nSPS) is 19.0. The predicted molar refractivity (Wildman–Crippen MR) is 379 cm³/mol. The lowest BCUT2D eigenvalue weighted by atomic mass is 9.99. The Morgan fingerprint density at radius 3 is 1.20 bits per heavy atom. The molecular weight excluding hydrogens is 1120 g/mol. The number of rotatable bonds is 60. The molecule has 11 heteroatoms. The van der Waals surface area contributed by atoms with Crippen LogP contribution in [-0.2, 0) is 23.8 Å². The van der Waals surface area contributed by atoms with E-state index in [9.17, 15) is 35.1 Å². The fraction of sp³-hybridized carbons (Fsp3) is 0.671. The number of carbonyl (C=O) groups is 2. The van der Waals surface area contributed by atoms with Crippen LogP contribution in [0.1, 0.15) is 278 Å². The second-order valence-electron chi connectivity index (χ2n) is 24.2. The van der Waals surface area contributed by atoms with E-state index in [4.69, 9.17) is 14.2 Å². The van der Waals surface area contributed by atoms with Crippen molar-refractivity contribution in [3.63, 3.8) is 0 Å². The van der Waals surface area contributed by atoms with Crippen LogP contribution in [0.2, 0.25) is 0 Å². The molecule has 512 valence electrons. The van der Waals surface area contributed by atoms with Gasteiger partial charge >= 0.3 is 5.97 Å². The smallest absolute Gasteiger partial charge is 0.306 e. The van der Waals surface area contributed by atoms with E-state index < -0.39 is 67.4 Å². The third kappa shape index (κ3) is 51.1. The Morgan fingerprint density at radius 1 is 0.444 bits per heavy atom. The Kier molecular flexibility index (Phi) is 60.0. The van der Waals surface area contributed by atoms with Crippen LogP contribution in [0.4, 0.5) is 0 Å². The fourth-order valence-electron chi connectivity index (χ4n) is 10.4. The third-order valence-electron chi connectivity index (χ3n) is 16.0. The monoisotopic (exact) mass is 1250 g/mol. The number of unbranched alkanes of at least 4 members (excludes halogenated alkanes) is 24. The van der Waals surface area contributed by atoms with E-state index in [-0.39, 0.29) is 19.4 Å². The first kappa shape index (κ1) is 83.6. The minimum Gasteiger partial charge on any atom is -0.454 e. The van der Waals surface area contributed by atoms with E-state index in [1.807, 2.05) is 6.08 Å². The molecule has 0 radical (unpaired) electrons. The average molecular weight is 1250 g/mol. The van der Waals surface area contributed by atoms with Crippen molar-refractivity contribution in [3.8, 4) is 0 Å². The van der Waals surface area contributed by atoms with Crippen LogP contribution in [0, 0.1) is 0 Å². The maximum absolute atomic E-state index is 13.5. The summed E-state index contributed by atoms with van der Waals surface area (Å²) >= 11 is 0. The van der Waals surface area contributed by atoms with E-state index in [0.29, 0.717) is 12.8 Å². The molecule has 1 saturated heterocycles. The summed E-state index contributed by atoms with van der Waals surface area (Å²) in [6.07, 6.45) is 83.0. The lowest BCUT2D eigenvalue weighted by Crippen LogP contribution is -2.61. The van der Waals surface area contributed by atoms with Gasteiger partial charge in [-0.15, -0.1) is 0 Å². The number of allylic oxidation sites excluding steroid dienone is 23. The second-order valence-corrected chi connectivity index (χ2v) is 24.2. The summed E-state index contributed by atoms with van der Waals surface area (Å²) in [5.41, 5.74) is 0. The van der Waals surface area contributed by atoms with Crippen molar-refractivity contribution in [2.75, 3.05) is 13.2 Å². The number of ether oxygens (including phenoxy) is 3. The summed E-state index contributed by atoms with van der Waals surface area (Å²) in [6.45, 7) is 5.56. The van der Waals surface area contributed by atoms with Gasteiger partial charge in [-0.05, 0) is 122 Å². The molecule has 1 aliphatic heterocycles. The number of hydrogen-bond donors (Lipinski definition) is 6. The first-order chi connectivity index (χ1) is 44.2. The predicted octanol–water partition coefficient (Wildman–Crippen LogP) is 18.9. The molecule has 0 aromatic carbocycles. The van der Waals surface area contributed by atoms with Crippen molar-refractivity contribution in [3.05, 3.63) is 146 Å². The van der Waals surface area contributed by atoms with Gasteiger partial charge in [0.15, 0.2) is 12.4 Å². The molecule has 1 aliphatic rings. The first-order valence-corrected chi connectivity index (χ1v) is 36.1. The lowest BCUT2D eigenvalue weighted by Gasteiger charge is -2.41. The Balaban J connectivity index is 2.60. The molecule has 1 rings (SSSR count). The van der Waals surface area contributed by atoms with Crippen LogP contribution in [-0.4, -0.2) is 99.6 Å². The molecule has 8 unspecified atom stereocenters. The van der Waals surface area contributed by atoms with Crippen molar-refractivity contribution in [2.45, 2.75) is 327 Å². The summed E-state index contributed by atoms with van der Waals surface area (Å²) < 4.78 is 17.7. The number of carbonyl (C=O) groups excluding carboxylic acids is 2. The molecule has 0 aromatic rings. The number of aliphatic hydroxyl groups is 5. The molecule has 0 aliphatic carbocycles. The van der Waals surface area contributed by atoms with Gasteiger partial charge in [-0.25, -0.2) is 0 Å². The van der Waals surface area contributed by atoms with Crippen LogP contribution in [0.25, 0.3) is 0 Å². The van der Waals surface area contributed by atoms with Crippen LogP contribution >= 0.6 is 0 Å². The SMILES string of the molecule is CC/C=C\C/C=C\C/C=C\C/C=C\C/C=C\C/C=C\CCCCCCCC(O)C(=O)NC(COC1OC(CO)C(O)C(O)C1OC(=O)CCCCCCCCCCC/C=C\C/C=C\C/C=C\C/C=C\C/C=C\CC)C(O)/C=C/CCCCCCCCCCCC. The standard InChI is InChI=1S/C79H131NO10/c1-4-7-10-13-16-19-22-25-27-29-31-33-35-37-39-41-43-45-47-49-52-55-58-61-64-67-74(84)90-77-76(86)75(85)73(68-81)89-79(77)88-69-70(71(82)65-62-59-56-53-50-24-21-18-15-12-9-6-3)80-78(87)72(83)66-63-60-57-54-51-48-46-44-42-40-38-36-34-32-30-28-26-23-20-17-14-11-8-5-2/h7-8,10-11,16-17,19-20,25-28,31-34,37-40,44,46,62,65,70-73,75-77,79,81-83,85-86H,4-6,9,12-15,18,21-24,29-30,35-36,41-43,45,47-61,63-64,66-69H2,1-3H3,(H,80,87)/b10-7-,11-8-,19-16-,20-17-,27-25-,28-26-,33-31-,34-32-,39-37-,40-38-,46-44-,65-62+. The van der Waals surface area contributed by atoms with Gasteiger partial charge in [-0.2, -0.15) is 0 Å². The van der Waals surface area contributed by atoms with Gasteiger partial charge < -0.3 is 45.1 Å². The molecule has 0 bridgehead atoms. The quantitative estimate of drug-likeness (QED) is 0.0195. The number of aliphatic hydroxyl groups excluding tert-OH is 5. The zero-order valence-electron chi connectivity index (χ0n) is 57.0. The van der Waals surface area contributed by atoms with Gasteiger partial charge in [0, 0.05) is 6.42 Å². The van der Waals surface area contributed by atoms with Crippen LogP contribution in [0.3, 0.4) is 0 Å². The average Bonchev–Trinajstić information content (AvgIpc) is 2.18. The zero-order chi connectivity index (χ0) is 65.3. The largest absolute Gasteiger partial charge is 0.454 e. The molecule has 6 N–H and O–H groups in total. The number of amides is 1. The Hall–Kier alpha value is -4.46. The minimum absolute atomic E-state index is 0.106. The summed E-state index contributed by atoms with van der Waals surface area (Å²) in [5.74, 6) is -1.22. The second kappa shape index (κ2) is 64.6. The topological polar surface area (TPSA) is 175 Å². The number of hydrogen-bond acceptors (Lipinski definition) is 10. The molecule has 0 aromatic heterocycles.